The van der Waals surface area contributed by atoms with E-state index >= 15 is 0 Å². The number of nitrogens with zero attached hydrogens (tertiary/aromatic N) is 3. The van der Waals surface area contributed by atoms with Crippen LogP contribution in [0.25, 0.3) is 12.2 Å². The maximum Gasteiger partial charge on any atom is 0.338 e. The molecule has 1 aromatic heterocycles. The minimum atomic E-state index is -0.643. The van der Waals surface area contributed by atoms with E-state index in [4.69, 9.17) is 9.47 Å². The molecule has 2 heterocycles. The molecule has 1 aliphatic heterocycles. The zero-order valence-corrected chi connectivity index (χ0v) is 21.8. The number of hydrogen-bond acceptors (Lipinski definition) is 7. The lowest BCUT2D eigenvalue weighted by atomic mass is 9.96. The van der Waals surface area contributed by atoms with Gasteiger partial charge in [0.1, 0.15) is 5.75 Å². The molecule has 2 aromatic carbocycles. The molecule has 0 radical (unpaired) electrons. The SMILES string of the molecule is CCOC(=O)C1=C(C)N=c2s/c(=C/C=C/c3ccc(N(C)C)cc3)c(=O)n2C1c1ccc(OC)cc1. The highest BCUT2D eigenvalue weighted by Gasteiger charge is 2.33. The lowest BCUT2D eigenvalue weighted by Crippen LogP contribution is -2.39. The summed E-state index contributed by atoms with van der Waals surface area (Å²) in [5.74, 6) is 0.211. The molecule has 186 valence electrons. The fraction of sp³-hybridized carbons (Fsp3) is 0.250. The molecule has 0 spiro atoms. The lowest BCUT2D eigenvalue weighted by molar-refractivity contribution is -0.139. The standard InChI is InChI=1S/C28H29N3O4S/c1-6-35-27(33)24-18(2)29-28-31(25(24)20-12-16-22(34-5)17-13-20)26(32)23(36-28)9-7-8-19-10-14-21(15-11-19)30(3)4/h7-17,25H,6H2,1-5H3/b8-7+,23-9+. The van der Waals surface area contributed by atoms with Gasteiger partial charge >= 0.3 is 5.97 Å². The molecule has 8 heteroatoms. The Morgan fingerprint density at radius 1 is 1.14 bits per heavy atom. The largest absolute Gasteiger partial charge is 0.497 e. The molecular weight excluding hydrogens is 474 g/mol. The highest BCUT2D eigenvalue weighted by molar-refractivity contribution is 7.07. The molecule has 0 fully saturated rings. The van der Waals surface area contributed by atoms with Gasteiger partial charge < -0.3 is 14.4 Å². The van der Waals surface area contributed by atoms with Crippen molar-refractivity contribution in [2.45, 2.75) is 19.9 Å². The van der Waals surface area contributed by atoms with Crippen LogP contribution in [-0.2, 0) is 9.53 Å². The number of benzene rings is 2. The van der Waals surface area contributed by atoms with Crippen LogP contribution < -0.4 is 24.5 Å². The van der Waals surface area contributed by atoms with Crippen LogP contribution in [0.2, 0.25) is 0 Å². The average Bonchev–Trinajstić information content (AvgIpc) is 3.18. The number of carbonyl (C=O) groups is 1. The fourth-order valence-corrected chi connectivity index (χ4v) is 5.04. The van der Waals surface area contributed by atoms with E-state index in [1.54, 1.807) is 31.6 Å². The van der Waals surface area contributed by atoms with Crippen LogP contribution >= 0.6 is 11.3 Å². The van der Waals surface area contributed by atoms with Crippen LogP contribution in [0.3, 0.4) is 0 Å². The van der Waals surface area contributed by atoms with Crippen LogP contribution in [0.15, 0.2) is 75.7 Å². The van der Waals surface area contributed by atoms with Crippen molar-refractivity contribution in [2.24, 2.45) is 4.99 Å². The first-order valence-electron chi connectivity index (χ1n) is 11.6. The second-order valence-corrected chi connectivity index (χ2v) is 9.45. The Kier molecular flexibility index (Phi) is 7.55. The van der Waals surface area contributed by atoms with Gasteiger partial charge in [0, 0.05) is 19.8 Å². The van der Waals surface area contributed by atoms with E-state index in [9.17, 15) is 9.59 Å². The molecule has 7 nitrogen and oxygen atoms in total. The van der Waals surface area contributed by atoms with Crippen molar-refractivity contribution in [3.8, 4) is 5.75 Å². The van der Waals surface area contributed by atoms with Crippen molar-refractivity contribution in [1.29, 1.82) is 0 Å². The van der Waals surface area contributed by atoms with Gasteiger partial charge in [-0.3, -0.25) is 9.36 Å². The quantitative estimate of drug-likeness (QED) is 0.461. The minimum Gasteiger partial charge on any atom is -0.497 e. The van der Waals surface area contributed by atoms with Gasteiger partial charge in [-0.15, -0.1) is 0 Å². The predicted octanol–water partition coefficient (Wildman–Crippen LogP) is 3.54. The molecule has 3 aromatic rings. The Morgan fingerprint density at radius 2 is 1.83 bits per heavy atom. The van der Waals surface area contributed by atoms with E-state index in [0.717, 1.165) is 16.8 Å². The normalized spacial score (nSPS) is 15.6. The summed E-state index contributed by atoms with van der Waals surface area (Å²) in [6, 6.07) is 14.8. The van der Waals surface area contributed by atoms with Gasteiger partial charge in [-0.2, -0.15) is 0 Å². The topological polar surface area (TPSA) is 73.1 Å². The first-order valence-corrected chi connectivity index (χ1v) is 12.4. The molecule has 0 amide bonds. The maximum atomic E-state index is 13.6. The van der Waals surface area contributed by atoms with E-state index in [1.165, 1.54) is 11.3 Å². The summed E-state index contributed by atoms with van der Waals surface area (Å²) in [4.78, 5) is 33.7. The second-order valence-electron chi connectivity index (χ2n) is 8.44. The first-order chi connectivity index (χ1) is 17.3. The smallest absolute Gasteiger partial charge is 0.338 e. The number of fused-ring (bicyclic) bond motifs is 1. The predicted molar refractivity (Wildman–Crippen MR) is 144 cm³/mol. The van der Waals surface area contributed by atoms with E-state index in [2.05, 4.69) is 4.99 Å². The Hall–Kier alpha value is -3.91. The summed E-state index contributed by atoms with van der Waals surface area (Å²) in [7, 11) is 5.59. The number of methoxy groups -OCH3 is 1. The highest BCUT2D eigenvalue weighted by Crippen LogP contribution is 2.31. The zero-order valence-electron chi connectivity index (χ0n) is 21.0. The summed E-state index contributed by atoms with van der Waals surface area (Å²) >= 11 is 1.30. The van der Waals surface area contributed by atoms with Crippen molar-refractivity contribution >= 4 is 35.1 Å². The monoisotopic (exact) mass is 503 g/mol. The molecule has 1 unspecified atom stereocenters. The van der Waals surface area contributed by atoms with Gasteiger partial charge in [0.15, 0.2) is 4.80 Å². The molecule has 0 bridgehead atoms. The summed E-state index contributed by atoms with van der Waals surface area (Å²) < 4.78 is 12.7. The van der Waals surface area contributed by atoms with Gasteiger partial charge in [0.05, 0.1) is 35.6 Å². The number of ether oxygens (including phenoxy) is 2. The Labute approximate surface area is 213 Å². The minimum absolute atomic E-state index is 0.207. The molecule has 0 aliphatic carbocycles. The Morgan fingerprint density at radius 3 is 2.44 bits per heavy atom. The third-order valence-electron chi connectivity index (χ3n) is 5.89. The van der Waals surface area contributed by atoms with Gasteiger partial charge in [0.25, 0.3) is 5.56 Å². The molecule has 1 atom stereocenters. The number of allylic oxidation sites excluding steroid dienone is 2. The van der Waals surface area contributed by atoms with E-state index < -0.39 is 12.0 Å². The van der Waals surface area contributed by atoms with Crippen LogP contribution in [0, 0.1) is 0 Å². The second kappa shape index (κ2) is 10.8. The van der Waals surface area contributed by atoms with E-state index in [0.29, 0.717) is 26.4 Å². The molecule has 4 rings (SSSR count). The number of esters is 1. The number of rotatable bonds is 7. The third kappa shape index (κ3) is 5.04. The van der Waals surface area contributed by atoms with Crippen LogP contribution in [0.5, 0.6) is 5.75 Å². The number of aromatic nitrogens is 1. The maximum absolute atomic E-state index is 13.6. The highest BCUT2D eigenvalue weighted by atomic mass is 32.1. The van der Waals surface area contributed by atoms with Crippen LogP contribution in [0.1, 0.15) is 31.0 Å². The van der Waals surface area contributed by atoms with E-state index in [-0.39, 0.29) is 12.2 Å². The first kappa shape index (κ1) is 25.2. The molecule has 0 N–H and O–H groups in total. The zero-order chi connectivity index (χ0) is 25.8. The van der Waals surface area contributed by atoms with Crippen molar-refractivity contribution in [1.82, 2.24) is 4.57 Å². The third-order valence-corrected chi connectivity index (χ3v) is 6.90. The van der Waals surface area contributed by atoms with Crippen molar-refractivity contribution in [2.75, 3.05) is 32.7 Å². The lowest BCUT2D eigenvalue weighted by Gasteiger charge is -2.24. The molecule has 36 heavy (non-hydrogen) atoms. The van der Waals surface area contributed by atoms with E-state index in [1.807, 2.05) is 79.7 Å². The molecular formula is C28H29N3O4S. The van der Waals surface area contributed by atoms with Gasteiger partial charge in [-0.25, -0.2) is 9.79 Å². The fourth-order valence-electron chi connectivity index (χ4n) is 4.04. The molecule has 0 saturated carbocycles. The summed E-state index contributed by atoms with van der Waals surface area (Å²) in [6.07, 6.45) is 5.60. The number of hydrogen-bond donors (Lipinski definition) is 0. The number of thiazole rings is 1. The molecule has 1 aliphatic rings. The summed E-state index contributed by atoms with van der Waals surface area (Å²) in [6.45, 7) is 3.76. The van der Waals surface area contributed by atoms with Crippen molar-refractivity contribution < 1.29 is 14.3 Å². The summed E-state index contributed by atoms with van der Waals surface area (Å²) in [5, 5.41) is 0. The summed E-state index contributed by atoms with van der Waals surface area (Å²) in [5.41, 5.74) is 3.61. The molecule has 0 saturated heterocycles. The van der Waals surface area contributed by atoms with Crippen molar-refractivity contribution in [3.05, 3.63) is 96.7 Å². The number of carbonyl (C=O) groups excluding carboxylic acids is 1. The van der Waals surface area contributed by atoms with Gasteiger partial charge in [0.2, 0.25) is 0 Å². The Balaban J connectivity index is 1.78. The van der Waals surface area contributed by atoms with Crippen LogP contribution in [-0.4, -0.2) is 38.3 Å². The van der Waals surface area contributed by atoms with Crippen molar-refractivity contribution in [3.63, 3.8) is 0 Å². The number of anilines is 1. The van der Waals surface area contributed by atoms with Crippen LogP contribution in [0.4, 0.5) is 5.69 Å². The average molecular weight is 504 g/mol. The van der Waals surface area contributed by atoms with Gasteiger partial charge in [-0.1, -0.05) is 47.8 Å². The van der Waals surface area contributed by atoms with Gasteiger partial charge in [-0.05, 0) is 55.3 Å². The Bertz CT molecular complexity index is 1490.